The monoisotopic (exact) mass is 555 g/mol. The first-order valence-electron chi connectivity index (χ1n) is 12.7. The molecule has 2 aromatic heterocycles. The number of rotatable bonds is 12. The van der Waals surface area contributed by atoms with Gasteiger partial charge in [0.25, 0.3) is 0 Å². The summed E-state index contributed by atoms with van der Waals surface area (Å²) in [5.41, 5.74) is 1.89. The van der Waals surface area contributed by atoms with E-state index in [0.717, 1.165) is 0 Å². The SMILES string of the molecule is CNC(=O)CCCNCCOc1ccc(/C(=C(\CC(F)(F)F)c2ccccc2)c2ccc3n[nH]c(F)c3c2)cn1. The Kier molecular flexibility index (Phi) is 9.49. The van der Waals surface area contributed by atoms with Gasteiger partial charge in [0.05, 0.1) is 17.3 Å². The Morgan fingerprint density at radius 2 is 1.77 bits per heavy atom. The summed E-state index contributed by atoms with van der Waals surface area (Å²) in [6.07, 6.45) is -3.11. The first kappa shape index (κ1) is 28.8. The molecule has 2 heterocycles. The molecular weight excluding hydrogens is 526 g/mol. The van der Waals surface area contributed by atoms with Crippen LogP contribution in [0.4, 0.5) is 17.6 Å². The maximum absolute atomic E-state index is 14.3. The highest BCUT2D eigenvalue weighted by molar-refractivity contribution is 6.00. The molecule has 0 aliphatic heterocycles. The van der Waals surface area contributed by atoms with E-state index in [1.54, 1.807) is 61.6 Å². The van der Waals surface area contributed by atoms with Gasteiger partial charge in [0.15, 0.2) is 0 Å². The predicted molar refractivity (Wildman–Crippen MR) is 145 cm³/mol. The first-order chi connectivity index (χ1) is 19.2. The Morgan fingerprint density at radius 1 is 1.00 bits per heavy atom. The van der Waals surface area contributed by atoms with Crippen LogP contribution in [0.3, 0.4) is 0 Å². The van der Waals surface area contributed by atoms with Gasteiger partial charge in [0, 0.05) is 37.8 Å². The number of hydrogen-bond donors (Lipinski definition) is 3. The number of alkyl halides is 3. The molecule has 2 aromatic carbocycles. The number of halogens is 4. The Bertz CT molecular complexity index is 1450. The molecule has 40 heavy (non-hydrogen) atoms. The van der Waals surface area contributed by atoms with Crippen LogP contribution in [0.2, 0.25) is 0 Å². The minimum Gasteiger partial charge on any atom is -0.476 e. The van der Waals surface area contributed by atoms with E-state index < -0.39 is 18.5 Å². The van der Waals surface area contributed by atoms with Crippen LogP contribution in [-0.2, 0) is 4.79 Å². The average Bonchev–Trinajstić information content (AvgIpc) is 3.32. The summed E-state index contributed by atoms with van der Waals surface area (Å²) in [7, 11) is 1.59. The molecule has 0 radical (unpaired) electrons. The number of H-pyrrole nitrogens is 1. The van der Waals surface area contributed by atoms with Crippen LogP contribution in [0.25, 0.3) is 22.0 Å². The van der Waals surface area contributed by atoms with Crippen molar-refractivity contribution in [2.24, 2.45) is 0 Å². The Hall–Kier alpha value is -4.25. The fraction of sp³-hybridized carbons (Fsp3) is 0.276. The summed E-state index contributed by atoms with van der Waals surface area (Å²) < 4.78 is 61.6. The van der Waals surface area contributed by atoms with Crippen molar-refractivity contribution in [2.45, 2.75) is 25.4 Å². The quantitative estimate of drug-likeness (QED) is 0.122. The maximum Gasteiger partial charge on any atom is 0.393 e. The fourth-order valence-electron chi connectivity index (χ4n) is 4.29. The molecular formula is C29H29F4N5O2. The van der Waals surface area contributed by atoms with Crippen LogP contribution in [-0.4, -0.2) is 54.0 Å². The molecule has 210 valence electrons. The summed E-state index contributed by atoms with van der Waals surface area (Å²) in [5.74, 6) is -0.377. The molecule has 0 unspecified atom stereocenters. The number of hydrogen-bond acceptors (Lipinski definition) is 5. The normalized spacial score (nSPS) is 12.3. The molecule has 0 aliphatic carbocycles. The van der Waals surface area contributed by atoms with Gasteiger partial charge in [-0.3, -0.25) is 9.89 Å². The van der Waals surface area contributed by atoms with E-state index >= 15 is 0 Å². The molecule has 0 fully saturated rings. The van der Waals surface area contributed by atoms with E-state index in [0.29, 0.717) is 60.6 Å². The molecule has 4 aromatic rings. The second kappa shape index (κ2) is 13.2. The minimum atomic E-state index is -4.49. The Labute approximate surface area is 228 Å². The number of nitrogens with zero attached hydrogens (tertiary/aromatic N) is 2. The van der Waals surface area contributed by atoms with Crippen molar-refractivity contribution < 1.29 is 27.1 Å². The molecule has 11 heteroatoms. The number of carbonyl (C=O) groups excluding carboxylic acids is 1. The largest absolute Gasteiger partial charge is 0.476 e. The van der Waals surface area contributed by atoms with Gasteiger partial charge in [-0.15, -0.1) is 0 Å². The third-order valence-electron chi connectivity index (χ3n) is 6.19. The van der Waals surface area contributed by atoms with Crippen molar-refractivity contribution in [3.8, 4) is 5.88 Å². The fourth-order valence-corrected chi connectivity index (χ4v) is 4.29. The number of allylic oxidation sites excluding steroid dienone is 1. The van der Waals surface area contributed by atoms with E-state index in [4.69, 9.17) is 4.74 Å². The lowest BCUT2D eigenvalue weighted by molar-refractivity contribution is -0.123. The molecule has 0 saturated heterocycles. The van der Waals surface area contributed by atoms with Crippen LogP contribution in [0.5, 0.6) is 5.88 Å². The second-order valence-electron chi connectivity index (χ2n) is 9.04. The molecule has 7 nitrogen and oxygen atoms in total. The highest BCUT2D eigenvalue weighted by Gasteiger charge is 2.31. The van der Waals surface area contributed by atoms with E-state index in [9.17, 15) is 22.4 Å². The van der Waals surface area contributed by atoms with Crippen LogP contribution in [0.1, 0.15) is 36.0 Å². The molecule has 0 atom stereocenters. The lowest BCUT2D eigenvalue weighted by Crippen LogP contribution is -2.24. The van der Waals surface area contributed by atoms with Crippen molar-refractivity contribution in [2.75, 3.05) is 26.7 Å². The summed E-state index contributed by atoms with van der Waals surface area (Å²) >= 11 is 0. The molecule has 4 rings (SSSR count). The summed E-state index contributed by atoms with van der Waals surface area (Å²) in [5, 5.41) is 12.1. The highest BCUT2D eigenvalue weighted by atomic mass is 19.4. The van der Waals surface area contributed by atoms with Gasteiger partial charge in [0.1, 0.15) is 6.61 Å². The number of aromatic nitrogens is 3. The summed E-state index contributed by atoms with van der Waals surface area (Å²) in [6.45, 7) is 1.50. The Morgan fingerprint density at radius 3 is 2.48 bits per heavy atom. The zero-order valence-electron chi connectivity index (χ0n) is 21.8. The number of benzene rings is 2. The maximum atomic E-state index is 14.3. The number of amides is 1. The lowest BCUT2D eigenvalue weighted by atomic mass is 9.88. The highest BCUT2D eigenvalue weighted by Crippen LogP contribution is 2.40. The predicted octanol–water partition coefficient (Wildman–Crippen LogP) is 5.50. The number of ether oxygens (including phenoxy) is 1. The third-order valence-corrected chi connectivity index (χ3v) is 6.19. The molecule has 0 bridgehead atoms. The molecule has 0 spiro atoms. The van der Waals surface area contributed by atoms with Gasteiger partial charge in [-0.25, -0.2) is 4.98 Å². The number of nitrogens with one attached hydrogen (secondary N) is 3. The van der Waals surface area contributed by atoms with Gasteiger partial charge in [-0.1, -0.05) is 36.4 Å². The summed E-state index contributed by atoms with van der Waals surface area (Å²) in [6, 6.07) is 16.2. The Balaban J connectivity index is 1.62. The lowest BCUT2D eigenvalue weighted by Gasteiger charge is -2.19. The second-order valence-corrected chi connectivity index (χ2v) is 9.04. The van der Waals surface area contributed by atoms with Crippen molar-refractivity contribution in [3.63, 3.8) is 0 Å². The molecule has 0 saturated carbocycles. The van der Waals surface area contributed by atoms with Gasteiger partial charge in [-0.2, -0.15) is 22.7 Å². The molecule has 0 aliphatic rings. The van der Waals surface area contributed by atoms with Crippen LogP contribution in [0.15, 0.2) is 66.9 Å². The van der Waals surface area contributed by atoms with Gasteiger partial charge in [-0.05, 0) is 53.4 Å². The number of fused-ring (bicyclic) bond motifs is 1. The van der Waals surface area contributed by atoms with Crippen molar-refractivity contribution in [3.05, 3.63) is 89.5 Å². The van der Waals surface area contributed by atoms with E-state index in [2.05, 4.69) is 25.8 Å². The topological polar surface area (TPSA) is 91.9 Å². The number of carbonyl (C=O) groups is 1. The number of aromatic amines is 1. The van der Waals surface area contributed by atoms with Gasteiger partial charge in [0.2, 0.25) is 17.7 Å². The number of pyridine rings is 1. The van der Waals surface area contributed by atoms with E-state index in [1.807, 2.05) is 0 Å². The van der Waals surface area contributed by atoms with Crippen LogP contribution >= 0.6 is 0 Å². The van der Waals surface area contributed by atoms with Crippen LogP contribution < -0.4 is 15.4 Å². The smallest absolute Gasteiger partial charge is 0.393 e. The van der Waals surface area contributed by atoms with Crippen molar-refractivity contribution in [1.29, 1.82) is 0 Å². The molecule has 1 amide bonds. The van der Waals surface area contributed by atoms with Crippen molar-refractivity contribution >= 4 is 28.0 Å². The zero-order chi connectivity index (χ0) is 28.5. The van der Waals surface area contributed by atoms with E-state index in [1.165, 1.54) is 12.3 Å². The van der Waals surface area contributed by atoms with Gasteiger partial charge < -0.3 is 15.4 Å². The van der Waals surface area contributed by atoms with E-state index in [-0.39, 0.29) is 22.4 Å². The third kappa shape index (κ3) is 7.66. The standard InChI is InChI=1S/C29H29F4N5O2/c1-34-25(39)8-5-13-35-14-15-40-26-12-10-21(18-36-26)27(20-9-11-24-22(16-20)28(30)38-37-24)23(17-29(31,32)33)19-6-3-2-4-7-19/h2-4,6-7,9-12,16,18,35H,5,8,13-15,17H2,1H3,(H,34,39)(H,37,38)/b27-23+. The first-order valence-corrected chi connectivity index (χ1v) is 12.7. The van der Waals surface area contributed by atoms with Crippen LogP contribution in [0, 0.1) is 5.95 Å². The minimum absolute atomic E-state index is 0.0174. The zero-order valence-corrected chi connectivity index (χ0v) is 21.8. The average molecular weight is 556 g/mol. The molecule has 3 N–H and O–H groups in total. The van der Waals surface area contributed by atoms with Gasteiger partial charge >= 0.3 is 6.18 Å². The van der Waals surface area contributed by atoms with Crippen molar-refractivity contribution in [1.82, 2.24) is 25.8 Å². The summed E-state index contributed by atoms with van der Waals surface area (Å²) in [4.78, 5) is 15.6.